The summed E-state index contributed by atoms with van der Waals surface area (Å²) in [7, 11) is -4.40. The van der Waals surface area contributed by atoms with E-state index < -0.39 is 32.6 Å². The molecular formula is C9H10F2N2O4S. The normalized spacial score (nSPS) is 11.1. The average Bonchev–Trinajstić information content (AvgIpc) is 2.30. The lowest BCUT2D eigenvalue weighted by Crippen LogP contribution is -2.42. The minimum absolute atomic E-state index is 0.0296. The molecule has 0 saturated carbocycles. The Labute approximate surface area is 102 Å². The van der Waals surface area contributed by atoms with E-state index >= 15 is 0 Å². The number of rotatable bonds is 4. The second-order valence-electron chi connectivity index (χ2n) is 3.03. The monoisotopic (exact) mass is 280 g/mol. The first kappa shape index (κ1) is 14.3. The first-order valence-corrected chi connectivity index (χ1v) is 6.24. The van der Waals surface area contributed by atoms with Crippen LogP contribution in [-0.2, 0) is 14.8 Å². The van der Waals surface area contributed by atoms with Gasteiger partial charge in [-0.15, -0.1) is 4.83 Å². The number of amides is 1. The van der Waals surface area contributed by atoms with E-state index in [9.17, 15) is 22.0 Å². The summed E-state index contributed by atoms with van der Waals surface area (Å²) in [4.78, 5) is 11.5. The van der Waals surface area contributed by atoms with E-state index in [0.29, 0.717) is 12.1 Å². The molecule has 0 saturated heterocycles. The Balaban J connectivity index is 2.87. The number of hydrogen-bond acceptors (Lipinski definition) is 4. The number of sulfonamides is 1. The number of hydrazine groups is 1. The molecule has 0 aliphatic heterocycles. The van der Waals surface area contributed by atoms with Gasteiger partial charge < -0.3 is 4.74 Å². The van der Waals surface area contributed by atoms with Crippen LogP contribution in [-0.4, -0.2) is 21.1 Å². The largest absolute Gasteiger partial charge is 0.449 e. The van der Waals surface area contributed by atoms with Gasteiger partial charge in [-0.25, -0.2) is 27.4 Å². The van der Waals surface area contributed by atoms with Crippen molar-refractivity contribution in [2.75, 3.05) is 6.61 Å². The van der Waals surface area contributed by atoms with Crippen molar-refractivity contribution in [2.24, 2.45) is 0 Å². The fraction of sp³-hybridized carbons (Fsp3) is 0.222. The molecule has 2 N–H and O–H groups in total. The number of carbonyl (C=O) groups excluding carboxylic acids is 1. The van der Waals surface area contributed by atoms with Crippen molar-refractivity contribution < 1.29 is 26.7 Å². The second-order valence-corrected chi connectivity index (χ2v) is 4.68. The maximum atomic E-state index is 13.2. The third kappa shape index (κ3) is 3.64. The molecule has 1 aromatic carbocycles. The summed E-state index contributed by atoms with van der Waals surface area (Å²) in [5.74, 6) is -2.07. The topological polar surface area (TPSA) is 84.5 Å². The molecule has 6 nitrogen and oxygen atoms in total. The smallest absolute Gasteiger partial charge is 0.422 e. The lowest BCUT2D eigenvalue weighted by molar-refractivity contribution is 0.150. The van der Waals surface area contributed by atoms with Gasteiger partial charge in [-0.1, -0.05) is 0 Å². The zero-order valence-electron chi connectivity index (χ0n) is 9.24. The first-order valence-electron chi connectivity index (χ1n) is 4.76. The third-order valence-electron chi connectivity index (χ3n) is 1.75. The molecule has 0 fully saturated rings. The number of carbonyl (C=O) groups is 1. The van der Waals surface area contributed by atoms with Crippen molar-refractivity contribution in [3.05, 3.63) is 29.8 Å². The minimum atomic E-state index is -4.40. The Morgan fingerprint density at radius 2 is 2.06 bits per heavy atom. The molecule has 0 aliphatic rings. The van der Waals surface area contributed by atoms with Crippen molar-refractivity contribution >= 4 is 16.1 Å². The van der Waals surface area contributed by atoms with Gasteiger partial charge in [0.05, 0.1) is 6.61 Å². The van der Waals surface area contributed by atoms with Crippen LogP contribution in [0.3, 0.4) is 0 Å². The van der Waals surface area contributed by atoms with E-state index in [1.807, 2.05) is 0 Å². The van der Waals surface area contributed by atoms with Gasteiger partial charge in [-0.05, 0) is 25.1 Å². The molecule has 0 aliphatic carbocycles. The van der Waals surface area contributed by atoms with Crippen molar-refractivity contribution in [3.63, 3.8) is 0 Å². The molecule has 1 rings (SSSR count). The zero-order valence-corrected chi connectivity index (χ0v) is 10.1. The quantitative estimate of drug-likeness (QED) is 0.803. The summed E-state index contributed by atoms with van der Waals surface area (Å²) in [6.45, 7) is 1.54. The summed E-state index contributed by atoms with van der Waals surface area (Å²) in [5.41, 5.74) is 1.68. The van der Waals surface area contributed by atoms with Gasteiger partial charge in [0, 0.05) is 0 Å². The van der Waals surface area contributed by atoms with Gasteiger partial charge in [-0.3, -0.25) is 0 Å². The zero-order chi connectivity index (χ0) is 13.8. The highest BCUT2D eigenvalue weighted by Gasteiger charge is 2.20. The maximum absolute atomic E-state index is 13.2. The van der Waals surface area contributed by atoms with Crippen molar-refractivity contribution in [1.82, 2.24) is 10.3 Å². The van der Waals surface area contributed by atoms with Gasteiger partial charge in [0.2, 0.25) is 0 Å². The summed E-state index contributed by atoms with van der Waals surface area (Å²) >= 11 is 0. The van der Waals surface area contributed by atoms with Gasteiger partial charge in [-0.2, -0.15) is 0 Å². The van der Waals surface area contributed by atoms with Crippen LogP contribution in [0.5, 0.6) is 0 Å². The highest BCUT2D eigenvalue weighted by atomic mass is 32.2. The molecule has 0 atom stereocenters. The lowest BCUT2D eigenvalue weighted by Gasteiger charge is -2.08. The predicted octanol–water partition coefficient (Wildman–Crippen LogP) is 0.904. The van der Waals surface area contributed by atoms with E-state index in [1.165, 1.54) is 6.92 Å². The van der Waals surface area contributed by atoms with E-state index in [4.69, 9.17) is 0 Å². The third-order valence-corrected chi connectivity index (χ3v) is 3.01. The maximum Gasteiger partial charge on any atom is 0.422 e. The Hall–Kier alpha value is -1.74. The van der Waals surface area contributed by atoms with Crippen molar-refractivity contribution in [2.45, 2.75) is 11.8 Å². The molecule has 9 heteroatoms. The summed E-state index contributed by atoms with van der Waals surface area (Å²) < 4.78 is 53.5. The molecule has 0 unspecified atom stereocenters. The van der Waals surface area contributed by atoms with Crippen LogP contribution in [0, 0.1) is 11.6 Å². The molecule has 1 amide bonds. The van der Waals surface area contributed by atoms with E-state index in [2.05, 4.69) is 4.74 Å². The highest BCUT2D eigenvalue weighted by Crippen LogP contribution is 2.14. The lowest BCUT2D eigenvalue weighted by atomic mass is 10.3. The fourth-order valence-corrected chi connectivity index (χ4v) is 1.93. The van der Waals surface area contributed by atoms with Crippen LogP contribution in [0.25, 0.3) is 0 Å². The molecular weight excluding hydrogens is 270 g/mol. The van der Waals surface area contributed by atoms with Crippen LogP contribution in [0.15, 0.2) is 23.1 Å². The highest BCUT2D eigenvalue weighted by molar-refractivity contribution is 7.89. The van der Waals surface area contributed by atoms with Crippen LogP contribution < -0.4 is 10.3 Å². The number of hydrogen-bond donors (Lipinski definition) is 2. The standard InChI is InChI=1S/C9H10F2N2O4S/c1-2-17-9(14)12-13-18(15,16)8-5-6(10)3-4-7(8)11/h3-5,13H,2H2,1H3,(H,12,14). The van der Waals surface area contributed by atoms with Gasteiger partial charge in [0.15, 0.2) is 0 Å². The number of nitrogens with one attached hydrogen (secondary N) is 2. The van der Waals surface area contributed by atoms with Crippen LogP contribution in [0.1, 0.15) is 6.92 Å². The molecule has 100 valence electrons. The Bertz CT molecular complexity index is 547. The van der Waals surface area contributed by atoms with Crippen LogP contribution in [0.2, 0.25) is 0 Å². The molecule has 0 aromatic heterocycles. The minimum Gasteiger partial charge on any atom is -0.449 e. The van der Waals surface area contributed by atoms with Gasteiger partial charge in [0.25, 0.3) is 10.0 Å². The molecule has 1 aromatic rings. The fourth-order valence-electron chi connectivity index (χ4n) is 1.01. The summed E-state index contributed by atoms with van der Waals surface area (Å²) in [5, 5.41) is 0. The summed E-state index contributed by atoms with van der Waals surface area (Å²) in [6, 6.07) is 1.92. The molecule has 18 heavy (non-hydrogen) atoms. The number of ether oxygens (including phenoxy) is 1. The van der Waals surface area contributed by atoms with Gasteiger partial charge >= 0.3 is 6.09 Å². The van der Waals surface area contributed by atoms with Crippen molar-refractivity contribution in [3.8, 4) is 0 Å². The van der Waals surface area contributed by atoms with E-state index in [1.54, 1.807) is 10.3 Å². The van der Waals surface area contributed by atoms with E-state index in [-0.39, 0.29) is 6.61 Å². The van der Waals surface area contributed by atoms with Crippen LogP contribution in [0.4, 0.5) is 13.6 Å². The number of halogens is 2. The first-order chi connectivity index (χ1) is 8.36. The SMILES string of the molecule is CCOC(=O)NNS(=O)(=O)c1cc(F)ccc1F. The Morgan fingerprint density at radius 3 is 2.67 bits per heavy atom. The molecule has 0 bridgehead atoms. The Morgan fingerprint density at radius 1 is 1.39 bits per heavy atom. The van der Waals surface area contributed by atoms with Crippen molar-refractivity contribution in [1.29, 1.82) is 0 Å². The molecule has 0 radical (unpaired) electrons. The number of benzene rings is 1. The molecule has 0 heterocycles. The predicted molar refractivity (Wildman–Crippen MR) is 56.8 cm³/mol. The van der Waals surface area contributed by atoms with E-state index in [0.717, 1.165) is 6.07 Å². The van der Waals surface area contributed by atoms with Gasteiger partial charge in [0.1, 0.15) is 16.5 Å². The Kier molecular flexibility index (Phi) is 4.56. The van der Waals surface area contributed by atoms with Crippen LogP contribution >= 0.6 is 0 Å². The molecule has 0 spiro atoms. The average molecular weight is 280 g/mol. The summed E-state index contributed by atoms with van der Waals surface area (Å²) in [6.07, 6.45) is -1.06. The second kappa shape index (κ2) is 5.74.